The van der Waals surface area contributed by atoms with Crippen LogP contribution in [-0.4, -0.2) is 47.4 Å². The summed E-state index contributed by atoms with van der Waals surface area (Å²) in [4.78, 5) is 24.6. The van der Waals surface area contributed by atoms with Crippen molar-refractivity contribution >= 4 is 11.9 Å². The van der Waals surface area contributed by atoms with Crippen LogP contribution in [0.2, 0.25) is 0 Å². The van der Waals surface area contributed by atoms with Gasteiger partial charge in [0.1, 0.15) is 0 Å². The van der Waals surface area contributed by atoms with Crippen LogP contribution >= 0.6 is 0 Å². The molecule has 0 heterocycles. The van der Waals surface area contributed by atoms with Crippen molar-refractivity contribution in [3.05, 3.63) is 24.3 Å². The maximum Gasteiger partial charge on any atom is 0.305 e. The molecule has 0 bridgehead atoms. The van der Waals surface area contributed by atoms with Gasteiger partial charge in [0.15, 0.2) is 0 Å². The molecule has 0 fully saturated rings. The molecule has 79 heavy (non-hydrogen) atoms. The number of allylic oxidation sites excluding steroid dienone is 3. The van der Waals surface area contributed by atoms with Gasteiger partial charge >= 0.3 is 5.97 Å². The molecule has 1 amide bonds. The average Bonchev–Trinajstić information content (AvgIpc) is 3.45. The number of carbonyl (C=O) groups is 2. The highest BCUT2D eigenvalue weighted by Crippen LogP contribution is 2.19. The summed E-state index contributed by atoms with van der Waals surface area (Å²) in [5.41, 5.74) is 0. The molecular weight excluding hydrogens is 971 g/mol. The molecule has 468 valence electrons. The lowest BCUT2D eigenvalue weighted by atomic mass is 10.0. The van der Waals surface area contributed by atoms with Crippen LogP contribution in [0, 0.1) is 0 Å². The highest BCUT2D eigenvalue weighted by molar-refractivity contribution is 5.76. The Balaban J connectivity index is 3.36. The maximum atomic E-state index is 12.5. The molecule has 2 atom stereocenters. The number of aliphatic hydroxyl groups excluding tert-OH is 2. The Morgan fingerprint density at radius 1 is 0.342 bits per heavy atom. The van der Waals surface area contributed by atoms with Gasteiger partial charge in [-0.25, -0.2) is 0 Å². The first-order chi connectivity index (χ1) is 39.0. The van der Waals surface area contributed by atoms with E-state index in [1.54, 1.807) is 6.08 Å². The van der Waals surface area contributed by atoms with Gasteiger partial charge in [-0.3, -0.25) is 9.59 Å². The van der Waals surface area contributed by atoms with E-state index in [4.69, 9.17) is 4.74 Å². The zero-order chi connectivity index (χ0) is 57.1. The molecule has 0 radical (unpaired) electrons. The first-order valence-electron chi connectivity index (χ1n) is 36.1. The number of nitrogens with one attached hydrogen (secondary N) is 1. The van der Waals surface area contributed by atoms with E-state index in [0.29, 0.717) is 19.4 Å². The number of carbonyl (C=O) groups excluding carboxylic acids is 2. The lowest BCUT2D eigenvalue weighted by Crippen LogP contribution is -2.45. The largest absolute Gasteiger partial charge is 0.466 e. The Morgan fingerprint density at radius 3 is 0.899 bits per heavy atom. The lowest BCUT2D eigenvalue weighted by Gasteiger charge is -2.20. The molecular formula is C73H141NO5. The minimum Gasteiger partial charge on any atom is -0.466 e. The third-order valence-corrected chi connectivity index (χ3v) is 17.0. The summed E-state index contributed by atoms with van der Waals surface area (Å²) in [6, 6.07) is -0.627. The van der Waals surface area contributed by atoms with Gasteiger partial charge in [-0.05, 0) is 57.8 Å². The van der Waals surface area contributed by atoms with Crippen molar-refractivity contribution in [2.75, 3.05) is 13.2 Å². The number of rotatable bonds is 68. The summed E-state index contributed by atoms with van der Waals surface area (Å²) in [6.45, 7) is 4.94. The predicted octanol–water partition coefficient (Wildman–Crippen LogP) is 23.3. The monoisotopic (exact) mass is 1110 g/mol. The minimum absolute atomic E-state index is 0.0210. The number of ether oxygens (including phenoxy) is 1. The van der Waals surface area contributed by atoms with Crippen molar-refractivity contribution in [1.29, 1.82) is 0 Å². The molecule has 0 spiro atoms. The molecule has 3 N–H and O–H groups in total. The summed E-state index contributed by atoms with van der Waals surface area (Å²) in [5.74, 6) is -0.0444. The molecule has 2 unspecified atom stereocenters. The number of esters is 1. The fraction of sp³-hybridized carbons (Fsp3) is 0.918. The van der Waals surface area contributed by atoms with E-state index in [-0.39, 0.29) is 18.5 Å². The molecule has 0 aromatic heterocycles. The summed E-state index contributed by atoms with van der Waals surface area (Å²) in [6.07, 6.45) is 86.9. The summed E-state index contributed by atoms with van der Waals surface area (Å²) in [7, 11) is 0. The fourth-order valence-corrected chi connectivity index (χ4v) is 11.5. The standard InChI is InChI=1S/C73H141NO5/c1-3-5-7-9-11-13-15-17-19-20-31-35-39-43-47-51-55-59-63-67-73(78)79-68-64-60-56-52-48-44-40-36-33-30-28-26-24-22-21-23-25-27-29-32-34-38-42-46-50-54-58-62-66-72(77)74-70(69-75)71(76)65-61-57-53-49-45-41-37-18-16-14-12-10-8-6-4-2/h21-22,61,65,70-71,75-76H,3-20,23-60,62-64,66-69H2,1-2H3,(H,74,77)/b22-21-,65-61+. The van der Waals surface area contributed by atoms with E-state index in [9.17, 15) is 19.8 Å². The van der Waals surface area contributed by atoms with E-state index in [2.05, 4.69) is 31.3 Å². The van der Waals surface area contributed by atoms with Crippen LogP contribution in [0.15, 0.2) is 24.3 Å². The summed E-state index contributed by atoms with van der Waals surface area (Å²) < 4.78 is 5.51. The van der Waals surface area contributed by atoms with Crippen molar-refractivity contribution in [2.24, 2.45) is 0 Å². The van der Waals surface area contributed by atoms with Crippen LogP contribution in [0.1, 0.15) is 406 Å². The Labute approximate surface area is 494 Å². The van der Waals surface area contributed by atoms with E-state index >= 15 is 0 Å². The summed E-state index contributed by atoms with van der Waals surface area (Å²) >= 11 is 0. The van der Waals surface area contributed by atoms with Crippen molar-refractivity contribution in [1.82, 2.24) is 5.32 Å². The maximum absolute atomic E-state index is 12.5. The number of hydrogen-bond acceptors (Lipinski definition) is 5. The normalized spacial score (nSPS) is 12.6. The first kappa shape index (κ1) is 77.3. The van der Waals surface area contributed by atoms with Gasteiger partial charge in [-0.1, -0.05) is 359 Å². The molecule has 0 aromatic rings. The second-order valence-electron chi connectivity index (χ2n) is 24.9. The van der Waals surface area contributed by atoms with Crippen molar-refractivity contribution in [2.45, 2.75) is 418 Å². The Hall–Kier alpha value is -1.66. The van der Waals surface area contributed by atoms with Gasteiger partial charge in [-0.15, -0.1) is 0 Å². The quantitative estimate of drug-likeness (QED) is 0.0320. The fourth-order valence-electron chi connectivity index (χ4n) is 11.5. The topological polar surface area (TPSA) is 95.9 Å². The third kappa shape index (κ3) is 65.4. The second kappa shape index (κ2) is 68.8. The molecule has 0 aromatic carbocycles. The van der Waals surface area contributed by atoms with E-state index < -0.39 is 12.1 Å². The highest BCUT2D eigenvalue weighted by atomic mass is 16.5. The number of amides is 1. The number of aliphatic hydroxyl groups is 2. The van der Waals surface area contributed by atoms with Crippen molar-refractivity contribution in [3.63, 3.8) is 0 Å². The number of unbranched alkanes of at least 4 members (excludes halogenated alkanes) is 55. The third-order valence-electron chi connectivity index (χ3n) is 17.0. The van der Waals surface area contributed by atoms with E-state index in [1.807, 2.05) is 6.08 Å². The van der Waals surface area contributed by atoms with Crippen LogP contribution in [0.3, 0.4) is 0 Å². The zero-order valence-electron chi connectivity index (χ0n) is 53.6. The zero-order valence-corrected chi connectivity index (χ0v) is 53.6. The minimum atomic E-state index is -0.844. The molecule has 0 saturated heterocycles. The number of hydrogen-bond donors (Lipinski definition) is 3. The Morgan fingerprint density at radius 2 is 0.595 bits per heavy atom. The molecule has 6 heteroatoms. The van der Waals surface area contributed by atoms with Crippen LogP contribution in [0.5, 0.6) is 0 Å². The van der Waals surface area contributed by atoms with E-state index in [1.165, 1.54) is 340 Å². The first-order valence-corrected chi connectivity index (χ1v) is 36.1. The molecule has 0 rings (SSSR count). The summed E-state index contributed by atoms with van der Waals surface area (Å²) in [5, 5.41) is 23.2. The Kier molecular flexibility index (Phi) is 67.4. The van der Waals surface area contributed by atoms with Crippen molar-refractivity contribution in [3.8, 4) is 0 Å². The van der Waals surface area contributed by atoms with Gasteiger partial charge in [-0.2, -0.15) is 0 Å². The second-order valence-corrected chi connectivity index (χ2v) is 24.9. The highest BCUT2D eigenvalue weighted by Gasteiger charge is 2.18. The van der Waals surface area contributed by atoms with Crippen LogP contribution in [-0.2, 0) is 14.3 Å². The predicted molar refractivity (Wildman–Crippen MR) is 347 cm³/mol. The molecule has 0 aliphatic carbocycles. The van der Waals surface area contributed by atoms with Gasteiger partial charge < -0.3 is 20.3 Å². The van der Waals surface area contributed by atoms with Crippen LogP contribution in [0.25, 0.3) is 0 Å². The molecule has 0 saturated carbocycles. The van der Waals surface area contributed by atoms with Gasteiger partial charge in [0.25, 0.3) is 0 Å². The Bertz CT molecular complexity index is 1230. The van der Waals surface area contributed by atoms with Gasteiger partial charge in [0.05, 0.1) is 25.4 Å². The molecule has 6 nitrogen and oxygen atoms in total. The lowest BCUT2D eigenvalue weighted by molar-refractivity contribution is -0.143. The van der Waals surface area contributed by atoms with Crippen molar-refractivity contribution < 1.29 is 24.5 Å². The SMILES string of the molecule is CCCCCCCCCCCCCCC/C=C/C(O)C(CO)NC(=O)CCCCCCCCCCCCCC/C=C\CCCCCCCCCCCCCCOC(=O)CCCCCCCCCCCCCCCCCCCCC. The van der Waals surface area contributed by atoms with Crippen LogP contribution in [0.4, 0.5) is 0 Å². The van der Waals surface area contributed by atoms with Gasteiger partial charge in [0, 0.05) is 12.8 Å². The van der Waals surface area contributed by atoms with Crippen LogP contribution < -0.4 is 5.32 Å². The van der Waals surface area contributed by atoms with Gasteiger partial charge in [0.2, 0.25) is 5.91 Å². The smallest absolute Gasteiger partial charge is 0.305 e. The molecule has 0 aliphatic rings. The average molecular weight is 1110 g/mol. The molecule has 0 aliphatic heterocycles. The van der Waals surface area contributed by atoms with E-state index in [0.717, 1.165) is 38.5 Å².